The monoisotopic (exact) mass is 569 g/mol. The van der Waals surface area contributed by atoms with E-state index in [4.69, 9.17) is 9.15 Å². The Kier molecular flexibility index (Phi) is 7.12. The van der Waals surface area contributed by atoms with Gasteiger partial charge in [-0.3, -0.25) is 4.90 Å². The van der Waals surface area contributed by atoms with Crippen LogP contribution < -0.4 is 5.32 Å². The van der Waals surface area contributed by atoms with E-state index in [0.29, 0.717) is 25.3 Å². The van der Waals surface area contributed by atoms with E-state index in [-0.39, 0.29) is 21.7 Å². The highest BCUT2D eigenvalue weighted by atomic mass is 79.9. The van der Waals surface area contributed by atoms with Gasteiger partial charge in [0.05, 0.1) is 18.1 Å². The standard InChI is InChI=1S/C21H21Br2N3O4S/c22-16-3-1-15(2-4-16)19-25-21(31(27,28)18-7-5-17(23)6-8-18)20(30-19)24-9-10-26-11-13-29-14-12-26/h1-8,24H,9-14H2. The van der Waals surface area contributed by atoms with E-state index >= 15 is 0 Å². The number of aromatic nitrogens is 1. The normalized spacial score (nSPS) is 15.2. The third-order valence-corrected chi connectivity index (χ3v) is 7.62. The van der Waals surface area contributed by atoms with Crippen LogP contribution in [0.25, 0.3) is 11.5 Å². The van der Waals surface area contributed by atoms with Crippen LogP contribution in [-0.2, 0) is 14.6 Å². The van der Waals surface area contributed by atoms with E-state index < -0.39 is 9.84 Å². The number of rotatable bonds is 7. The van der Waals surface area contributed by atoms with Crippen LogP contribution in [0.4, 0.5) is 5.88 Å². The number of nitrogens with one attached hydrogen (secondary N) is 1. The molecule has 31 heavy (non-hydrogen) atoms. The molecule has 1 N–H and O–H groups in total. The van der Waals surface area contributed by atoms with Gasteiger partial charge in [0.1, 0.15) is 0 Å². The molecule has 164 valence electrons. The van der Waals surface area contributed by atoms with E-state index in [2.05, 4.69) is 47.1 Å². The largest absolute Gasteiger partial charge is 0.419 e. The second-order valence-corrected chi connectivity index (χ2v) is 10.7. The number of sulfone groups is 1. The topological polar surface area (TPSA) is 84.7 Å². The molecule has 0 aliphatic carbocycles. The van der Waals surface area contributed by atoms with Crippen LogP contribution in [0, 0.1) is 0 Å². The molecule has 0 radical (unpaired) electrons. The average molecular weight is 571 g/mol. The lowest BCUT2D eigenvalue weighted by molar-refractivity contribution is 0.0398. The lowest BCUT2D eigenvalue weighted by atomic mass is 10.2. The molecule has 0 atom stereocenters. The second kappa shape index (κ2) is 9.83. The molecule has 2 heterocycles. The van der Waals surface area contributed by atoms with E-state index in [9.17, 15) is 8.42 Å². The summed E-state index contributed by atoms with van der Waals surface area (Å²) < 4.78 is 39.6. The van der Waals surface area contributed by atoms with Crippen LogP contribution in [0.1, 0.15) is 0 Å². The fourth-order valence-corrected chi connectivity index (χ4v) is 5.00. The van der Waals surface area contributed by atoms with Crippen LogP contribution in [0.15, 0.2) is 71.8 Å². The first-order valence-corrected chi connectivity index (χ1v) is 12.8. The van der Waals surface area contributed by atoms with Crippen molar-refractivity contribution in [3.63, 3.8) is 0 Å². The summed E-state index contributed by atoms with van der Waals surface area (Å²) >= 11 is 6.74. The Morgan fingerprint density at radius 3 is 2.23 bits per heavy atom. The number of morpholine rings is 1. The number of anilines is 1. The lowest BCUT2D eigenvalue weighted by Gasteiger charge is -2.26. The van der Waals surface area contributed by atoms with Crippen LogP contribution in [0.2, 0.25) is 0 Å². The first-order chi connectivity index (χ1) is 14.9. The third-order valence-electron chi connectivity index (χ3n) is 4.88. The minimum absolute atomic E-state index is 0.116. The van der Waals surface area contributed by atoms with Crippen molar-refractivity contribution in [1.29, 1.82) is 0 Å². The van der Waals surface area contributed by atoms with Crippen molar-refractivity contribution in [2.75, 3.05) is 44.7 Å². The highest BCUT2D eigenvalue weighted by Crippen LogP contribution is 2.33. The van der Waals surface area contributed by atoms with Crippen LogP contribution in [0.3, 0.4) is 0 Å². The number of halogens is 2. The molecular weight excluding hydrogens is 550 g/mol. The zero-order chi connectivity index (χ0) is 21.8. The van der Waals surface area contributed by atoms with Crippen molar-refractivity contribution >= 4 is 47.6 Å². The molecule has 1 saturated heterocycles. The van der Waals surface area contributed by atoms with E-state index in [1.54, 1.807) is 24.3 Å². The SMILES string of the molecule is O=S(=O)(c1ccc(Br)cc1)c1nc(-c2ccc(Br)cc2)oc1NCCN1CCOCC1. The van der Waals surface area contributed by atoms with Crippen LogP contribution in [-0.4, -0.2) is 57.7 Å². The molecule has 7 nitrogen and oxygen atoms in total. The Balaban J connectivity index is 1.64. The number of benzene rings is 2. The molecule has 10 heteroatoms. The fraction of sp³-hybridized carbons (Fsp3) is 0.286. The van der Waals surface area contributed by atoms with Gasteiger partial charge in [0.15, 0.2) is 0 Å². The van der Waals surface area contributed by atoms with Gasteiger partial charge in [-0.1, -0.05) is 31.9 Å². The van der Waals surface area contributed by atoms with Gasteiger partial charge in [0.25, 0.3) is 0 Å². The van der Waals surface area contributed by atoms with Crippen LogP contribution >= 0.6 is 31.9 Å². The summed E-state index contributed by atoms with van der Waals surface area (Å²) in [4.78, 5) is 6.78. The Hall–Kier alpha value is -1.72. The second-order valence-electron chi connectivity index (χ2n) is 7.00. The number of hydrogen-bond acceptors (Lipinski definition) is 7. The molecule has 1 aromatic heterocycles. The molecule has 3 aromatic rings. The van der Waals surface area contributed by atoms with Crippen molar-refractivity contribution in [2.45, 2.75) is 9.92 Å². The molecule has 1 aliphatic heterocycles. The molecule has 1 fully saturated rings. The van der Waals surface area contributed by atoms with Crippen LogP contribution in [0.5, 0.6) is 0 Å². The van der Waals surface area contributed by atoms with E-state index in [1.165, 1.54) is 0 Å². The van der Waals surface area contributed by atoms with Crippen molar-refractivity contribution in [2.24, 2.45) is 0 Å². The summed E-state index contributed by atoms with van der Waals surface area (Å²) in [6.07, 6.45) is 0. The molecule has 0 amide bonds. The summed E-state index contributed by atoms with van der Waals surface area (Å²) in [5.74, 6) is 0.395. The Labute approximate surface area is 198 Å². The third kappa shape index (κ3) is 5.38. The quantitative estimate of drug-likeness (QED) is 0.449. The van der Waals surface area contributed by atoms with Gasteiger partial charge in [-0.2, -0.15) is 4.98 Å². The fourth-order valence-electron chi connectivity index (χ4n) is 3.19. The molecule has 1 aliphatic rings. The van der Waals surface area contributed by atoms with Crippen molar-refractivity contribution < 1.29 is 17.6 Å². The highest BCUT2D eigenvalue weighted by molar-refractivity contribution is 9.10. The van der Waals surface area contributed by atoms with Gasteiger partial charge >= 0.3 is 0 Å². The maximum absolute atomic E-state index is 13.3. The summed E-state index contributed by atoms with van der Waals surface area (Å²) in [5, 5.41) is 3.02. The lowest BCUT2D eigenvalue weighted by Crippen LogP contribution is -2.39. The number of hydrogen-bond donors (Lipinski definition) is 1. The smallest absolute Gasteiger partial charge is 0.233 e. The number of oxazole rings is 1. The van der Waals surface area contributed by atoms with Gasteiger partial charge in [-0.15, -0.1) is 0 Å². The van der Waals surface area contributed by atoms with Gasteiger partial charge in [-0.25, -0.2) is 8.42 Å². The van der Waals surface area contributed by atoms with E-state index in [1.807, 2.05) is 24.3 Å². The van der Waals surface area contributed by atoms with Gasteiger partial charge in [0, 0.05) is 40.7 Å². The minimum atomic E-state index is -3.87. The Bertz CT molecular complexity index is 1130. The molecule has 0 unspecified atom stereocenters. The zero-order valence-corrected chi connectivity index (χ0v) is 20.5. The van der Waals surface area contributed by atoms with Crippen molar-refractivity contribution in [3.05, 3.63) is 57.5 Å². The minimum Gasteiger partial charge on any atom is -0.419 e. The van der Waals surface area contributed by atoms with E-state index in [0.717, 1.165) is 28.6 Å². The molecule has 0 bridgehead atoms. The van der Waals surface area contributed by atoms with Gasteiger partial charge in [-0.05, 0) is 48.5 Å². The Morgan fingerprint density at radius 1 is 0.968 bits per heavy atom. The number of ether oxygens (including phenoxy) is 1. The molecule has 0 spiro atoms. The predicted molar refractivity (Wildman–Crippen MR) is 125 cm³/mol. The van der Waals surface area contributed by atoms with Crippen molar-refractivity contribution in [1.82, 2.24) is 9.88 Å². The maximum atomic E-state index is 13.3. The first-order valence-electron chi connectivity index (χ1n) is 9.75. The highest BCUT2D eigenvalue weighted by Gasteiger charge is 2.28. The summed E-state index contributed by atoms with van der Waals surface area (Å²) in [6, 6.07) is 13.8. The molecule has 4 rings (SSSR count). The predicted octanol–water partition coefficient (Wildman–Crippen LogP) is 4.44. The summed E-state index contributed by atoms with van der Waals surface area (Å²) in [5.41, 5.74) is 0.691. The zero-order valence-electron chi connectivity index (χ0n) is 16.6. The Morgan fingerprint density at radius 2 is 1.58 bits per heavy atom. The number of nitrogens with zero attached hydrogens (tertiary/aromatic N) is 2. The molecular formula is C21H21Br2N3O4S. The summed E-state index contributed by atoms with van der Waals surface area (Å²) in [7, 11) is -3.87. The average Bonchev–Trinajstić information content (AvgIpc) is 3.20. The van der Waals surface area contributed by atoms with Gasteiger partial charge in [0.2, 0.25) is 26.6 Å². The van der Waals surface area contributed by atoms with Crippen molar-refractivity contribution in [3.8, 4) is 11.5 Å². The molecule has 2 aromatic carbocycles. The summed E-state index contributed by atoms with van der Waals surface area (Å²) in [6.45, 7) is 4.39. The van der Waals surface area contributed by atoms with Gasteiger partial charge < -0.3 is 14.5 Å². The molecule has 0 saturated carbocycles. The first kappa shape index (κ1) is 22.5. The maximum Gasteiger partial charge on any atom is 0.233 e.